The van der Waals surface area contributed by atoms with Crippen molar-refractivity contribution in [2.24, 2.45) is 5.92 Å². The lowest BCUT2D eigenvalue weighted by atomic mass is 10.1. The van der Waals surface area contributed by atoms with Crippen LogP contribution >= 0.6 is 11.8 Å². The minimum atomic E-state index is -0.122. The summed E-state index contributed by atoms with van der Waals surface area (Å²) in [5, 5.41) is 2.98. The Bertz CT molecular complexity index is 845. The van der Waals surface area contributed by atoms with E-state index in [-0.39, 0.29) is 17.7 Å². The second kappa shape index (κ2) is 6.56. The Kier molecular flexibility index (Phi) is 4.25. The maximum atomic E-state index is 12.6. The maximum Gasteiger partial charge on any atom is 0.256 e. The number of benzene rings is 2. The molecule has 1 aliphatic carbocycles. The number of anilines is 2. The van der Waals surface area contributed by atoms with Crippen molar-refractivity contribution in [3.05, 3.63) is 53.6 Å². The van der Waals surface area contributed by atoms with E-state index in [9.17, 15) is 9.59 Å². The summed E-state index contributed by atoms with van der Waals surface area (Å²) in [4.78, 5) is 27.9. The predicted molar refractivity (Wildman–Crippen MR) is 101 cm³/mol. The van der Waals surface area contributed by atoms with Crippen LogP contribution in [0.25, 0.3) is 0 Å². The van der Waals surface area contributed by atoms with E-state index in [4.69, 9.17) is 0 Å². The molecule has 2 aromatic rings. The summed E-state index contributed by atoms with van der Waals surface area (Å²) in [6, 6.07) is 13.4. The zero-order valence-corrected chi connectivity index (χ0v) is 14.9. The minimum Gasteiger partial charge on any atom is -0.322 e. The quantitative estimate of drug-likeness (QED) is 0.848. The summed E-state index contributed by atoms with van der Waals surface area (Å²) >= 11 is 1.56. The third-order valence-corrected chi connectivity index (χ3v) is 5.58. The number of carbonyl (C=O) groups is 2. The summed E-state index contributed by atoms with van der Waals surface area (Å²) in [6.45, 7) is 0.747. The first-order valence-electron chi connectivity index (χ1n) is 8.56. The number of hydrogen-bond acceptors (Lipinski definition) is 3. The first-order chi connectivity index (χ1) is 12.2. The Morgan fingerprint density at radius 1 is 1.16 bits per heavy atom. The molecular weight excluding hydrogens is 332 g/mol. The summed E-state index contributed by atoms with van der Waals surface area (Å²) in [5.74, 6) is 0.315. The van der Waals surface area contributed by atoms with E-state index in [2.05, 4.69) is 5.32 Å². The highest BCUT2D eigenvalue weighted by Gasteiger charge is 2.36. The van der Waals surface area contributed by atoms with Crippen LogP contribution in [0.15, 0.2) is 47.4 Å². The number of amides is 2. The zero-order valence-electron chi connectivity index (χ0n) is 14.1. The van der Waals surface area contributed by atoms with Crippen molar-refractivity contribution in [3.63, 3.8) is 0 Å². The van der Waals surface area contributed by atoms with Crippen LogP contribution in [0.1, 0.15) is 28.8 Å². The smallest absolute Gasteiger partial charge is 0.256 e. The molecular formula is C20H20N2O2S. The molecule has 4 rings (SSSR count). The summed E-state index contributed by atoms with van der Waals surface area (Å²) in [5.41, 5.74) is 3.53. The van der Waals surface area contributed by atoms with Crippen LogP contribution in [0, 0.1) is 5.92 Å². The van der Waals surface area contributed by atoms with Crippen LogP contribution in [0.2, 0.25) is 0 Å². The van der Waals surface area contributed by atoms with E-state index in [1.54, 1.807) is 11.8 Å². The minimum absolute atomic E-state index is 0.122. The third kappa shape index (κ3) is 3.16. The molecule has 128 valence electrons. The fourth-order valence-electron chi connectivity index (χ4n) is 3.27. The molecule has 1 heterocycles. The number of nitrogens with zero attached hydrogens (tertiary/aromatic N) is 1. The van der Waals surface area contributed by atoms with Crippen LogP contribution in [0.4, 0.5) is 11.4 Å². The summed E-state index contributed by atoms with van der Waals surface area (Å²) in [6.07, 6.45) is 4.86. The normalized spacial score (nSPS) is 15.8. The molecule has 4 nitrogen and oxygen atoms in total. The van der Waals surface area contributed by atoms with Crippen molar-refractivity contribution in [3.8, 4) is 0 Å². The molecule has 0 aromatic heterocycles. The second-order valence-electron chi connectivity index (χ2n) is 6.51. The van der Waals surface area contributed by atoms with Crippen LogP contribution < -0.4 is 10.2 Å². The van der Waals surface area contributed by atoms with Crippen molar-refractivity contribution >= 4 is 35.0 Å². The van der Waals surface area contributed by atoms with Gasteiger partial charge in [0.25, 0.3) is 5.91 Å². The number of rotatable bonds is 4. The molecule has 1 aliphatic heterocycles. The third-order valence-electron chi connectivity index (χ3n) is 4.78. The number of hydrogen-bond donors (Lipinski definition) is 1. The van der Waals surface area contributed by atoms with Crippen molar-refractivity contribution in [1.82, 2.24) is 0 Å². The average Bonchev–Trinajstić information content (AvgIpc) is 3.41. The van der Waals surface area contributed by atoms with E-state index < -0.39 is 0 Å². The number of nitrogens with one attached hydrogen (secondary N) is 1. The molecule has 0 bridgehead atoms. The van der Waals surface area contributed by atoms with Crippen LogP contribution in [-0.2, 0) is 11.2 Å². The van der Waals surface area contributed by atoms with Crippen molar-refractivity contribution in [1.29, 1.82) is 0 Å². The lowest BCUT2D eigenvalue weighted by Crippen LogP contribution is -2.30. The van der Waals surface area contributed by atoms with Gasteiger partial charge >= 0.3 is 0 Å². The van der Waals surface area contributed by atoms with E-state index in [1.165, 1.54) is 5.56 Å². The van der Waals surface area contributed by atoms with Crippen LogP contribution in [0.5, 0.6) is 0 Å². The number of thioether (sulfide) groups is 1. The highest BCUT2D eigenvalue weighted by molar-refractivity contribution is 7.98. The SMILES string of the molecule is CSc1ccccc1C(=O)Nc1ccc2c(c1)N(C(=O)C1CC1)CC2. The molecule has 25 heavy (non-hydrogen) atoms. The average molecular weight is 352 g/mol. The number of carbonyl (C=O) groups excluding carboxylic acids is 2. The maximum absolute atomic E-state index is 12.6. The van der Waals surface area contributed by atoms with Gasteiger partial charge in [-0.25, -0.2) is 0 Å². The van der Waals surface area contributed by atoms with E-state index in [0.717, 1.165) is 42.1 Å². The van der Waals surface area contributed by atoms with Crippen molar-refractivity contribution in [2.75, 3.05) is 23.0 Å². The van der Waals surface area contributed by atoms with Gasteiger partial charge in [0, 0.05) is 28.7 Å². The molecule has 1 saturated carbocycles. The van der Waals surface area contributed by atoms with Crippen LogP contribution in [0.3, 0.4) is 0 Å². The lowest BCUT2D eigenvalue weighted by molar-refractivity contribution is -0.119. The molecule has 2 aromatic carbocycles. The standard InChI is InChI=1S/C20H20N2O2S/c1-25-18-5-3-2-4-16(18)19(23)21-15-9-8-13-10-11-22(17(13)12-15)20(24)14-6-7-14/h2-5,8-9,12,14H,6-7,10-11H2,1H3,(H,21,23). The molecule has 0 unspecified atom stereocenters. The largest absolute Gasteiger partial charge is 0.322 e. The van der Waals surface area contributed by atoms with Gasteiger partial charge in [-0.2, -0.15) is 0 Å². The zero-order chi connectivity index (χ0) is 17.4. The van der Waals surface area contributed by atoms with Gasteiger partial charge in [0.05, 0.1) is 5.56 Å². The number of fused-ring (bicyclic) bond motifs is 1. The highest BCUT2D eigenvalue weighted by atomic mass is 32.2. The molecule has 2 aliphatic rings. The fraction of sp³-hybridized carbons (Fsp3) is 0.300. The molecule has 0 radical (unpaired) electrons. The van der Waals surface area contributed by atoms with E-state index >= 15 is 0 Å². The van der Waals surface area contributed by atoms with Gasteiger partial charge in [-0.15, -0.1) is 11.8 Å². The monoisotopic (exact) mass is 352 g/mol. The highest BCUT2D eigenvalue weighted by Crippen LogP contribution is 2.37. The molecule has 5 heteroatoms. The Hall–Kier alpha value is -2.27. The van der Waals surface area contributed by atoms with E-state index in [0.29, 0.717) is 5.56 Å². The van der Waals surface area contributed by atoms with Gasteiger partial charge in [-0.3, -0.25) is 9.59 Å². The molecule has 0 atom stereocenters. The fourth-order valence-corrected chi connectivity index (χ4v) is 3.86. The molecule has 1 fully saturated rings. The van der Waals surface area contributed by atoms with Crippen molar-refractivity contribution in [2.45, 2.75) is 24.2 Å². The van der Waals surface area contributed by atoms with Gasteiger partial charge in [-0.05, 0) is 55.3 Å². The van der Waals surface area contributed by atoms with Gasteiger partial charge in [-0.1, -0.05) is 18.2 Å². The summed E-state index contributed by atoms with van der Waals surface area (Å²) < 4.78 is 0. The Balaban J connectivity index is 1.57. The molecule has 0 spiro atoms. The Morgan fingerprint density at radius 3 is 2.72 bits per heavy atom. The Morgan fingerprint density at radius 2 is 1.96 bits per heavy atom. The topological polar surface area (TPSA) is 49.4 Å². The van der Waals surface area contributed by atoms with Crippen molar-refractivity contribution < 1.29 is 9.59 Å². The molecule has 1 N–H and O–H groups in total. The summed E-state index contributed by atoms with van der Waals surface area (Å²) in [7, 11) is 0. The molecule has 0 saturated heterocycles. The Labute approximate surface area is 151 Å². The van der Waals surface area contributed by atoms with Gasteiger partial charge in [0.1, 0.15) is 0 Å². The molecule has 2 amide bonds. The first-order valence-corrected chi connectivity index (χ1v) is 9.78. The van der Waals surface area contributed by atoms with Gasteiger partial charge in [0.15, 0.2) is 0 Å². The predicted octanol–water partition coefficient (Wildman–Crippen LogP) is 3.96. The first kappa shape index (κ1) is 16.2. The second-order valence-corrected chi connectivity index (χ2v) is 7.36. The van der Waals surface area contributed by atoms with Crippen LogP contribution in [-0.4, -0.2) is 24.6 Å². The lowest BCUT2D eigenvalue weighted by Gasteiger charge is -2.18. The van der Waals surface area contributed by atoms with E-state index in [1.807, 2.05) is 53.6 Å². The van der Waals surface area contributed by atoms with Gasteiger partial charge in [0.2, 0.25) is 5.91 Å². The van der Waals surface area contributed by atoms with Gasteiger partial charge < -0.3 is 10.2 Å².